The molecule has 154 valence electrons. The van der Waals surface area contributed by atoms with E-state index in [1.54, 1.807) is 17.1 Å². The highest BCUT2D eigenvalue weighted by molar-refractivity contribution is 7.86. The summed E-state index contributed by atoms with van der Waals surface area (Å²) in [5.74, 6) is 0.638. The second-order valence-electron chi connectivity index (χ2n) is 8.33. The third-order valence-electron chi connectivity index (χ3n) is 4.97. The molecule has 0 saturated carbocycles. The minimum absolute atomic E-state index is 0.0459. The van der Waals surface area contributed by atoms with Crippen LogP contribution in [0.3, 0.4) is 0 Å². The lowest BCUT2D eigenvalue weighted by atomic mass is 9.87. The van der Waals surface area contributed by atoms with Crippen molar-refractivity contribution in [1.29, 1.82) is 0 Å². The molecule has 0 saturated heterocycles. The van der Waals surface area contributed by atoms with Gasteiger partial charge >= 0.3 is 0 Å². The summed E-state index contributed by atoms with van der Waals surface area (Å²) in [7, 11) is -1.43. The zero-order chi connectivity index (χ0) is 21.5. The van der Waals surface area contributed by atoms with Crippen LogP contribution in [-0.2, 0) is 16.4 Å². The molecule has 6 nitrogen and oxygen atoms in total. The third kappa shape index (κ3) is 3.93. The quantitative estimate of drug-likeness (QED) is 0.381. The number of benzene rings is 2. The number of aryl methyl sites for hydroxylation is 1. The zero-order valence-electron chi connectivity index (χ0n) is 17.5. The van der Waals surface area contributed by atoms with Crippen LogP contribution in [0.4, 0.5) is 5.82 Å². The highest BCUT2D eigenvalue weighted by atomic mass is 32.2. The number of nitrogens with zero attached hydrogens (tertiary/aromatic N) is 3. The smallest absolute Gasteiger partial charge is 0.230 e. The van der Waals surface area contributed by atoms with Gasteiger partial charge in [0.1, 0.15) is 5.82 Å². The monoisotopic (exact) mass is 421 g/mol. The summed E-state index contributed by atoms with van der Waals surface area (Å²) in [6.45, 7) is 8.36. The number of hydrogen-bond donors (Lipinski definition) is 2. The van der Waals surface area contributed by atoms with Gasteiger partial charge in [-0.15, -0.1) is 0 Å². The Morgan fingerprint density at radius 1 is 1.10 bits per heavy atom. The van der Waals surface area contributed by atoms with Crippen molar-refractivity contribution in [3.8, 4) is 5.69 Å². The molecular formula is C23H25N4O2S+. The summed E-state index contributed by atoms with van der Waals surface area (Å²) in [5.41, 5.74) is 2.89. The van der Waals surface area contributed by atoms with Crippen molar-refractivity contribution < 1.29 is 14.1 Å². The van der Waals surface area contributed by atoms with Gasteiger partial charge in [-0.25, -0.2) is 8.89 Å². The van der Waals surface area contributed by atoms with Gasteiger partial charge < -0.3 is 0 Å². The molecule has 0 spiro atoms. The van der Waals surface area contributed by atoms with Crippen molar-refractivity contribution in [1.82, 2.24) is 9.78 Å². The van der Waals surface area contributed by atoms with E-state index in [4.69, 9.17) is 0 Å². The van der Waals surface area contributed by atoms with Crippen molar-refractivity contribution in [2.24, 2.45) is 0 Å². The maximum absolute atomic E-state index is 13.0. The fourth-order valence-corrected chi connectivity index (χ4v) is 4.21. The van der Waals surface area contributed by atoms with E-state index in [0.29, 0.717) is 10.7 Å². The SMILES string of the molecule is Cc1cc(NS(=O)c2ccc(C(C)(C)C)cc2)n(-c2cccc3c[n+](O)ccc23)n1. The number of pyridine rings is 1. The molecule has 0 aliphatic carbocycles. The van der Waals surface area contributed by atoms with Crippen LogP contribution in [0.25, 0.3) is 16.5 Å². The van der Waals surface area contributed by atoms with Gasteiger partial charge in [-0.1, -0.05) is 39.0 Å². The fourth-order valence-electron chi connectivity index (χ4n) is 3.37. The molecule has 1 atom stereocenters. The van der Waals surface area contributed by atoms with Crippen LogP contribution < -0.4 is 9.45 Å². The Hall–Kier alpha value is -3.19. The largest absolute Gasteiger partial charge is 0.285 e. The summed E-state index contributed by atoms with van der Waals surface area (Å²) >= 11 is 0. The Morgan fingerprint density at radius 2 is 1.83 bits per heavy atom. The predicted octanol–water partition coefficient (Wildman–Crippen LogP) is 4.29. The van der Waals surface area contributed by atoms with Crippen LogP contribution in [0.15, 0.2) is 71.9 Å². The molecule has 0 radical (unpaired) electrons. The maximum atomic E-state index is 13.0. The molecule has 2 aromatic carbocycles. The standard InChI is InChI=1S/C23H25N4O2S/c1-16-14-22(25-30(29)19-10-8-18(9-11-19)23(2,3)4)27(24-16)21-7-5-6-17-15-26(28)13-12-20(17)21/h5-15,25,28H,1-4H3/q+1. The molecule has 2 N–H and O–H groups in total. The van der Waals surface area contributed by atoms with E-state index >= 15 is 0 Å². The summed E-state index contributed by atoms with van der Waals surface area (Å²) in [6.07, 6.45) is 3.21. The van der Waals surface area contributed by atoms with Gasteiger partial charge in [0.05, 0.1) is 21.7 Å². The van der Waals surface area contributed by atoms with Gasteiger partial charge in [-0.05, 0) is 42.2 Å². The van der Waals surface area contributed by atoms with Crippen molar-refractivity contribution in [3.05, 3.63) is 78.2 Å². The summed E-state index contributed by atoms with van der Waals surface area (Å²) in [5, 5.41) is 16.1. The predicted molar refractivity (Wildman–Crippen MR) is 118 cm³/mol. The number of aromatic nitrogens is 3. The zero-order valence-corrected chi connectivity index (χ0v) is 18.3. The fraction of sp³-hybridized carbons (Fsp3) is 0.217. The van der Waals surface area contributed by atoms with Crippen LogP contribution in [0.1, 0.15) is 32.0 Å². The normalized spacial score (nSPS) is 12.8. The minimum Gasteiger partial charge on any atom is -0.285 e. The molecule has 0 fully saturated rings. The van der Waals surface area contributed by atoms with E-state index in [-0.39, 0.29) is 5.41 Å². The summed E-state index contributed by atoms with van der Waals surface area (Å²) in [4.78, 5) is 0.702. The van der Waals surface area contributed by atoms with Gasteiger partial charge in [0.25, 0.3) is 0 Å². The molecule has 0 bridgehead atoms. The lowest BCUT2D eigenvalue weighted by Crippen LogP contribution is -2.28. The molecule has 0 amide bonds. The molecule has 4 rings (SSSR count). The Morgan fingerprint density at radius 3 is 2.53 bits per heavy atom. The summed E-state index contributed by atoms with van der Waals surface area (Å²) < 4.78 is 18.9. The Balaban J connectivity index is 1.69. The molecule has 4 aromatic rings. The topological polar surface area (TPSA) is 71.0 Å². The van der Waals surface area contributed by atoms with E-state index < -0.39 is 11.0 Å². The first-order valence-corrected chi connectivity index (χ1v) is 10.9. The lowest BCUT2D eigenvalue weighted by molar-refractivity contribution is -0.903. The van der Waals surface area contributed by atoms with Crippen LogP contribution >= 0.6 is 0 Å². The third-order valence-corrected chi connectivity index (χ3v) is 6.07. The molecule has 0 aliphatic rings. The highest BCUT2D eigenvalue weighted by Gasteiger charge is 2.17. The first-order valence-electron chi connectivity index (χ1n) is 9.72. The van der Waals surface area contributed by atoms with Crippen molar-refractivity contribution >= 4 is 27.6 Å². The maximum Gasteiger partial charge on any atom is 0.230 e. The Kier molecular flexibility index (Phi) is 5.07. The average Bonchev–Trinajstić information content (AvgIpc) is 3.06. The van der Waals surface area contributed by atoms with Crippen LogP contribution in [-0.4, -0.2) is 19.2 Å². The lowest BCUT2D eigenvalue weighted by Gasteiger charge is -2.19. The molecule has 30 heavy (non-hydrogen) atoms. The van der Waals surface area contributed by atoms with E-state index in [1.165, 1.54) is 5.56 Å². The van der Waals surface area contributed by atoms with Crippen molar-refractivity contribution in [2.45, 2.75) is 38.0 Å². The van der Waals surface area contributed by atoms with Gasteiger partial charge in [0.2, 0.25) is 12.4 Å². The van der Waals surface area contributed by atoms with Crippen molar-refractivity contribution in [2.75, 3.05) is 4.72 Å². The Bertz CT molecular complexity index is 1240. The molecule has 7 heteroatoms. The summed E-state index contributed by atoms with van der Waals surface area (Å²) in [6, 6.07) is 17.3. The number of hydrogen-bond acceptors (Lipinski definition) is 3. The second kappa shape index (κ2) is 7.57. The number of nitrogens with one attached hydrogen (secondary N) is 1. The molecule has 2 heterocycles. The number of rotatable bonds is 4. The van der Waals surface area contributed by atoms with Gasteiger partial charge in [0, 0.05) is 22.2 Å². The van der Waals surface area contributed by atoms with E-state index in [9.17, 15) is 9.42 Å². The van der Waals surface area contributed by atoms with Crippen LogP contribution in [0.5, 0.6) is 0 Å². The molecule has 2 aromatic heterocycles. The van der Waals surface area contributed by atoms with E-state index in [0.717, 1.165) is 26.9 Å². The average molecular weight is 422 g/mol. The Labute approximate surface area is 178 Å². The number of anilines is 1. The molecule has 0 aliphatic heterocycles. The van der Waals surface area contributed by atoms with Crippen LogP contribution in [0, 0.1) is 6.92 Å². The number of fused-ring (bicyclic) bond motifs is 1. The van der Waals surface area contributed by atoms with Gasteiger partial charge in [-0.2, -0.15) is 5.10 Å². The highest BCUT2D eigenvalue weighted by Crippen LogP contribution is 2.26. The van der Waals surface area contributed by atoms with Gasteiger partial charge in [-0.3, -0.25) is 9.93 Å². The van der Waals surface area contributed by atoms with Gasteiger partial charge in [0.15, 0.2) is 11.0 Å². The molecule has 1 unspecified atom stereocenters. The first kappa shape index (κ1) is 20.1. The first-order chi connectivity index (χ1) is 14.2. The minimum atomic E-state index is -1.43. The van der Waals surface area contributed by atoms with Crippen molar-refractivity contribution in [3.63, 3.8) is 0 Å². The van der Waals surface area contributed by atoms with E-state index in [2.05, 4.69) is 30.6 Å². The molecular weight excluding hydrogens is 396 g/mol. The second-order valence-corrected chi connectivity index (χ2v) is 9.55. The van der Waals surface area contributed by atoms with E-state index in [1.807, 2.05) is 61.5 Å². The van der Waals surface area contributed by atoms with Crippen LogP contribution in [0.2, 0.25) is 0 Å².